The quantitative estimate of drug-likeness (QED) is 0.923. The number of ether oxygens (including phenoxy) is 1. The molecule has 6 nitrogen and oxygen atoms in total. The molecule has 2 N–H and O–H groups in total. The zero-order chi connectivity index (χ0) is 15.2. The third kappa shape index (κ3) is 2.41. The van der Waals surface area contributed by atoms with Gasteiger partial charge >= 0.3 is 0 Å². The summed E-state index contributed by atoms with van der Waals surface area (Å²) in [7, 11) is -1.71. The maximum atomic E-state index is 12.3. The van der Waals surface area contributed by atoms with E-state index in [1.807, 2.05) is 0 Å². The van der Waals surface area contributed by atoms with Gasteiger partial charge in [-0.05, 0) is 12.1 Å². The van der Waals surface area contributed by atoms with E-state index < -0.39 is 15.1 Å². The molecule has 1 aliphatic rings. The van der Waals surface area contributed by atoms with Crippen molar-refractivity contribution in [2.75, 3.05) is 18.9 Å². The number of rotatable bonds is 3. The Hall–Kier alpha value is -1.57. The van der Waals surface area contributed by atoms with Crippen molar-refractivity contribution in [1.29, 1.82) is 0 Å². The minimum atomic E-state index is -3.44. The maximum absolute atomic E-state index is 12.3. The molecule has 0 aliphatic carbocycles. The largest absolute Gasteiger partial charge is 0.384 e. The summed E-state index contributed by atoms with van der Waals surface area (Å²) in [6.07, 6.45) is 0. The van der Waals surface area contributed by atoms with E-state index >= 15 is 0 Å². The molecular weight excluding hydrogens is 314 g/mol. The van der Waals surface area contributed by atoms with E-state index in [-0.39, 0.29) is 23.1 Å². The van der Waals surface area contributed by atoms with Crippen LogP contribution in [0.1, 0.15) is 0 Å². The summed E-state index contributed by atoms with van der Waals surface area (Å²) in [5.74, 6) is 0.518. The highest BCUT2D eigenvalue weighted by Gasteiger charge is 2.35. The second kappa shape index (κ2) is 5.01. The van der Waals surface area contributed by atoms with Gasteiger partial charge in [0.15, 0.2) is 9.84 Å². The molecule has 112 valence electrons. The third-order valence-corrected chi connectivity index (χ3v) is 6.04. The highest BCUT2D eigenvalue weighted by Crippen LogP contribution is 2.31. The highest BCUT2D eigenvalue weighted by molar-refractivity contribution is 7.92. The Bertz CT molecular complexity index is 777. The fourth-order valence-electron chi connectivity index (χ4n) is 2.09. The molecule has 0 amide bonds. The summed E-state index contributed by atoms with van der Waals surface area (Å²) >= 11 is 6.15. The number of nitrogens with two attached hydrogens (primary N) is 1. The molecule has 8 heteroatoms. The Labute approximate surface area is 127 Å². The smallest absolute Gasteiger partial charge is 0.187 e. The molecule has 3 rings (SSSR count). The van der Waals surface area contributed by atoms with E-state index in [0.29, 0.717) is 11.5 Å². The fourth-order valence-corrected chi connectivity index (χ4v) is 4.09. The van der Waals surface area contributed by atoms with Crippen molar-refractivity contribution < 1.29 is 13.2 Å². The van der Waals surface area contributed by atoms with Crippen molar-refractivity contribution in [3.63, 3.8) is 0 Å². The van der Waals surface area contributed by atoms with Gasteiger partial charge < -0.3 is 10.5 Å². The summed E-state index contributed by atoms with van der Waals surface area (Å²) in [5, 5.41) is 3.92. The molecule has 1 aromatic carbocycles. The molecule has 1 saturated heterocycles. The molecular formula is C13H14ClN3O3S. The first-order valence-electron chi connectivity index (χ1n) is 6.30. The second-order valence-corrected chi connectivity index (χ2v) is 7.53. The van der Waals surface area contributed by atoms with Gasteiger partial charge in [0, 0.05) is 18.7 Å². The highest BCUT2D eigenvalue weighted by atomic mass is 35.5. The number of benzene rings is 1. The molecule has 0 saturated carbocycles. The number of nitrogens with zero attached hydrogens (tertiary/aromatic N) is 2. The average molecular weight is 328 g/mol. The van der Waals surface area contributed by atoms with Crippen LogP contribution in [-0.4, -0.2) is 36.7 Å². The van der Waals surface area contributed by atoms with Gasteiger partial charge in [-0.25, -0.2) is 8.42 Å². The SMILES string of the molecule is Cn1nc(-c2ccc(S(=O)(=O)C3COC3)c(Cl)c2)cc1N. The molecule has 0 atom stereocenters. The van der Waals surface area contributed by atoms with Crippen LogP contribution in [0, 0.1) is 0 Å². The Balaban J connectivity index is 2.00. The monoisotopic (exact) mass is 327 g/mol. The van der Waals surface area contributed by atoms with E-state index in [2.05, 4.69) is 5.10 Å². The van der Waals surface area contributed by atoms with Crippen LogP contribution >= 0.6 is 11.6 Å². The molecule has 0 unspecified atom stereocenters. The first kappa shape index (κ1) is 14.4. The maximum Gasteiger partial charge on any atom is 0.187 e. The van der Waals surface area contributed by atoms with E-state index in [9.17, 15) is 8.42 Å². The molecule has 1 aromatic heterocycles. The lowest BCUT2D eigenvalue weighted by Gasteiger charge is -2.26. The average Bonchev–Trinajstić information content (AvgIpc) is 2.66. The van der Waals surface area contributed by atoms with Crippen molar-refractivity contribution >= 4 is 27.3 Å². The summed E-state index contributed by atoms with van der Waals surface area (Å²) < 4.78 is 31.2. The minimum Gasteiger partial charge on any atom is -0.384 e. The van der Waals surface area contributed by atoms with Gasteiger partial charge in [0.25, 0.3) is 0 Å². The number of sulfone groups is 1. The second-order valence-electron chi connectivity index (χ2n) is 4.93. The van der Waals surface area contributed by atoms with E-state index in [0.717, 1.165) is 5.56 Å². The molecule has 0 radical (unpaired) electrons. The Morgan fingerprint density at radius 1 is 1.38 bits per heavy atom. The number of hydrogen-bond donors (Lipinski definition) is 1. The van der Waals surface area contributed by atoms with Crippen molar-refractivity contribution in [3.05, 3.63) is 29.3 Å². The number of halogens is 1. The molecule has 2 aromatic rings. The number of anilines is 1. The van der Waals surface area contributed by atoms with Gasteiger partial charge in [0.05, 0.1) is 28.8 Å². The van der Waals surface area contributed by atoms with Gasteiger partial charge in [-0.2, -0.15) is 5.10 Å². The molecule has 21 heavy (non-hydrogen) atoms. The van der Waals surface area contributed by atoms with Crippen LogP contribution in [0.2, 0.25) is 5.02 Å². The summed E-state index contributed by atoms with van der Waals surface area (Å²) in [5.41, 5.74) is 7.10. The molecule has 0 spiro atoms. The Morgan fingerprint density at radius 3 is 2.57 bits per heavy atom. The van der Waals surface area contributed by atoms with Crippen LogP contribution in [0.5, 0.6) is 0 Å². The van der Waals surface area contributed by atoms with Crippen LogP contribution < -0.4 is 5.73 Å². The zero-order valence-corrected chi connectivity index (χ0v) is 12.9. The van der Waals surface area contributed by atoms with E-state index in [1.54, 1.807) is 29.9 Å². The fraction of sp³-hybridized carbons (Fsp3) is 0.308. The molecule has 1 fully saturated rings. The van der Waals surface area contributed by atoms with Gasteiger partial charge in [-0.3, -0.25) is 4.68 Å². The van der Waals surface area contributed by atoms with Crippen molar-refractivity contribution in [1.82, 2.24) is 9.78 Å². The normalized spacial score (nSPS) is 15.9. The van der Waals surface area contributed by atoms with Crippen LogP contribution in [0.25, 0.3) is 11.3 Å². The lowest BCUT2D eigenvalue weighted by Crippen LogP contribution is -2.40. The lowest BCUT2D eigenvalue weighted by molar-refractivity contribution is 0.0416. The number of aromatic nitrogens is 2. The summed E-state index contributed by atoms with van der Waals surface area (Å²) in [6, 6.07) is 6.49. The van der Waals surface area contributed by atoms with Crippen LogP contribution in [0.4, 0.5) is 5.82 Å². The number of hydrogen-bond acceptors (Lipinski definition) is 5. The molecule has 1 aliphatic heterocycles. The predicted octanol–water partition coefficient (Wildman–Crippen LogP) is 1.50. The van der Waals surface area contributed by atoms with Crippen LogP contribution in [0.3, 0.4) is 0 Å². The predicted molar refractivity (Wildman–Crippen MR) is 79.9 cm³/mol. The number of nitrogen functional groups attached to an aromatic ring is 1. The topological polar surface area (TPSA) is 87.2 Å². The lowest BCUT2D eigenvalue weighted by atomic mass is 10.1. The van der Waals surface area contributed by atoms with Crippen LogP contribution in [-0.2, 0) is 21.6 Å². The van der Waals surface area contributed by atoms with Crippen molar-refractivity contribution in [2.45, 2.75) is 10.1 Å². The van der Waals surface area contributed by atoms with Gasteiger partial charge in [-0.1, -0.05) is 17.7 Å². The standard InChI is InChI=1S/C13H14ClN3O3S/c1-17-13(15)5-11(16-17)8-2-3-12(10(14)4-8)21(18,19)9-6-20-7-9/h2-5,9H,6-7,15H2,1H3. The Morgan fingerprint density at radius 2 is 2.10 bits per heavy atom. The Kier molecular flexibility index (Phi) is 3.43. The third-order valence-electron chi connectivity index (χ3n) is 3.50. The first-order chi connectivity index (χ1) is 9.89. The molecule has 0 bridgehead atoms. The van der Waals surface area contributed by atoms with Gasteiger partial charge in [0.2, 0.25) is 0 Å². The van der Waals surface area contributed by atoms with Crippen molar-refractivity contribution in [2.24, 2.45) is 7.05 Å². The first-order valence-corrected chi connectivity index (χ1v) is 8.23. The van der Waals surface area contributed by atoms with Crippen LogP contribution in [0.15, 0.2) is 29.2 Å². The minimum absolute atomic E-state index is 0.130. The van der Waals surface area contributed by atoms with Gasteiger partial charge in [-0.15, -0.1) is 0 Å². The van der Waals surface area contributed by atoms with Crippen molar-refractivity contribution in [3.8, 4) is 11.3 Å². The van der Waals surface area contributed by atoms with E-state index in [4.69, 9.17) is 22.1 Å². The summed E-state index contributed by atoms with van der Waals surface area (Å²) in [4.78, 5) is 0.130. The summed E-state index contributed by atoms with van der Waals surface area (Å²) in [6.45, 7) is 0.439. The van der Waals surface area contributed by atoms with E-state index in [1.165, 1.54) is 6.07 Å². The van der Waals surface area contributed by atoms with Gasteiger partial charge in [0.1, 0.15) is 11.1 Å². The number of aryl methyl sites for hydroxylation is 1. The molecule has 2 heterocycles. The zero-order valence-electron chi connectivity index (χ0n) is 11.3.